The second-order valence-corrected chi connectivity index (χ2v) is 4.81. The third-order valence-electron chi connectivity index (χ3n) is 1.42. The molecule has 0 saturated carbocycles. The molecule has 0 amide bonds. The van der Waals surface area contributed by atoms with Gasteiger partial charge in [-0.1, -0.05) is 28.3 Å². The molecule has 0 unspecified atom stereocenters. The number of rotatable bonds is 3. The smallest absolute Gasteiger partial charge is 0.203 e. The molecule has 0 radical (unpaired) electrons. The maximum Gasteiger partial charge on any atom is 0.203 e. The van der Waals surface area contributed by atoms with Crippen molar-refractivity contribution in [1.82, 2.24) is 25.2 Å². The van der Waals surface area contributed by atoms with E-state index in [9.17, 15) is 0 Å². The van der Waals surface area contributed by atoms with Crippen LogP contribution in [-0.2, 0) is 12.8 Å². The molecule has 0 aliphatic heterocycles. The molecule has 2 heterocycles. The highest BCUT2D eigenvalue weighted by molar-refractivity contribution is 8.00. The normalized spacial score (nSPS) is 10.6. The Bertz CT molecular complexity index is 381. The lowest BCUT2D eigenvalue weighted by Crippen LogP contribution is -1.85. The molecule has 2 rings (SSSR count). The molecule has 0 saturated heterocycles. The molecule has 0 aliphatic rings. The second kappa shape index (κ2) is 3.93. The summed E-state index contributed by atoms with van der Waals surface area (Å²) in [5.74, 6) is 0.739. The second-order valence-electron chi connectivity index (χ2n) is 2.58. The van der Waals surface area contributed by atoms with Crippen molar-refractivity contribution in [3.8, 4) is 0 Å². The van der Waals surface area contributed by atoms with Gasteiger partial charge in [-0.25, -0.2) is 0 Å². The minimum atomic E-state index is 0.492. The fourth-order valence-corrected chi connectivity index (χ4v) is 2.39. The van der Waals surface area contributed by atoms with E-state index < -0.39 is 0 Å². The summed E-state index contributed by atoms with van der Waals surface area (Å²) in [5, 5.41) is 15.9. The quantitative estimate of drug-likeness (QED) is 0.772. The predicted octanol–water partition coefficient (Wildman–Crippen LogP) is 0.541. The van der Waals surface area contributed by atoms with E-state index in [-0.39, 0.29) is 0 Å². The third-order valence-corrected chi connectivity index (χ3v) is 3.34. The van der Waals surface area contributed by atoms with E-state index in [1.54, 1.807) is 16.4 Å². The molecule has 8 heteroatoms. The molecule has 2 aromatic heterocycles. The number of hydrogen-bond acceptors (Lipinski definition) is 7. The number of nitrogens with zero attached hydrogens (tertiary/aromatic N) is 5. The first-order valence-corrected chi connectivity index (χ1v) is 5.61. The highest BCUT2D eigenvalue weighted by Gasteiger charge is 2.04. The average molecular weight is 228 g/mol. The monoisotopic (exact) mass is 228 g/mol. The van der Waals surface area contributed by atoms with Crippen molar-refractivity contribution < 1.29 is 0 Å². The highest BCUT2D eigenvalue weighted by Crippen LogP contribution is 2.25. The molecule has 2 N–H and O–H groups in total. The van der Waals surface area contributed by atoms with Crippen LogP contribution in [0, 0.1) is 0 Å². The zero-order valence-electron chi connectivity index (χ0n) is 7.41. The number of anilines is 1. The van der Waals surface area contributed by atoms with Crippen molar-refractivity contribution in [2.24, 2.45) is 7.05 Å². The van der Waals surface area contributed by atoms with Crippen LogP contribution in [-0.4, -0.2) is 25.2 Å². The lowest BCUT2D eigenvalue weighted by Gasteiger charge is -1.89. The van der Waals surface area contributed by atoms with Gasteiger partial charge in [-0.15, -0.1) is 15.3 Å². The molecule has 0 spiro atoms. The van der Waals surface area contributed by atoms with Gasteiger partial charge in [0.15, 0.2) is 4.34 Å². The Morgan fingerprint density at radius 1 is 1.50 bits per heavy atom. The van der Waals surface area contributed by atoms with Gasteiger partial charge in [0, 0.05) is 19.0 Å². The molecule has 0 fully saturated rings. The number of aryl methyl sites for hydroxylation is 1. The van der Waals surface area contributed by atoms with Crippen LogP contribution in [0.5, 0.6) is 0 Å². The summed E-state index contributed by atoms with van der Waals surface area (Å²) in [4.78, 5) is 0. The Morgan fingerprint density at radius 2 is 2.36 bits per heavy atom. The van der Waals surface area contributed by atoms with Gasteiger partial charge in [0.1, 0.15) is 0 Å². The maximum absolute atomic E-state index is 5.45. The Balaban J connectivity index is 1.94. The number of hydrogen-bond donors (Lipinski definition) is 1. The molecular weight excluding hydrogens is 220 g/mol. The van der Waals surface area contributed by atoms with Crippen LogP contribution in [0.1, 0.15) is 5.69 Å². The standard InChI is InChI=1S/C6H8N6S2/c1-12-2-4(8-11-12)3-13-6-10-9-5(7)14-6/h2H,3H2,1H3,(H2,7,9). The van der Waals surface area contributed by atoms with Gasteiger partial charge in [0.25, 0.3) is 0 Å². The Morgan fingerprint density at radius 3 is 2.93 bits per heavy atom. The fraction of sp³-hybridized carbons (Fsp3) is 0.333. The van der Waals surface area contributed by atoms with Crippen molar-refractivity contribution >= 4 is 28.2 Å². The van der Waals surface area contributed by atoms with E-state index in [4.69, 9.17) is 5.73 Å². The van der Waals surface area contributed by atoms with Gasteiger partial charge in [-0.05, 0) is 0 Å². The van der Waals surface area contributed by atoms with Crippen LogP contribution in [0.4, 0.5) is 5.13 Å². The van der Waals surface area contributed by atoms with Gasteiger partial charge in [0.2, 0.25) is 5.13 Å². The topological polar surface area (TPSA) is 82.5 Å². The van der Waals surface area contributed by atoms with Gasteiger partial charge in [0.05, 0.1) is 5.69 Å². The minimum Gasteiger partial charge on any atom is -0.374 e. The van der Waals surface area contributed by atoms with E-state index in [0.29, 0.717) is 5.13 Å². The first-order valence-electron chi connectivity index (χ1n) is 3.81. The molecule has 6 nitrogen and oxygen atoms in total. The first kappa shape index (κ1) is 9.41. The molecular formula is C6H8N6S2. The van der Waals surface area contributed by atoms with Crippen molar-refractivity contribution in [2.75, 3.05) is 5.73 Å². The Labute approximate surface area is 88.5 Å². The molecule has 0 bridgehead atoms. The largest absolute Gasteiger partial charge is 0.374 e. The summed E-state index contributed by atoms with van der Waals surface area (Å²) < 4.78 is 2.53. The number of aromatic nitrogens is 5. The highest BCUT2D eigenvalue weighted by atomic mass is 32.2. The van der Waals surface area contributed by atoms with Crippen LogP contribution >= 0.6 is 23.1 Å². The molecule has 14 heavy (non-hydrogen) atoms. The summed E-state index contributed by atoms with van der Waals surface area (Å²) in [6.45, 7) is 0. The number of nitrogen functional groups attached to an aromatic ring is 1. The van der Waals surface area contributed by atoms with E-state index in [1.165, 1.54) is 11.3 Å². The minimum absolute atomic E-state index is 0.492. The van der Waals surface area contributed by atoms with Crippen LogP contribution in [0.15, 0.2) is 10.5 Å². The van der Waals surface area contributed by atoms with E-state index >= 15 is 0 Å². The third kappa shape index (κ3) is 2.20. The maximum atomic E-state index is 5.45. The SMILES string of the molecule is Cn1cc(CSc2nnc(N)s2)nn1. The fourth-order valence-electron chi connectivity index (χ4n) is 0.876. The van der Waals surface area contributed by atoms with Crippen molar-refractivity contribution in [3.63, 3.8) is 0 Å². The number of thioether (sulfide) groups is 1. The molecule has 0 aliphatic carbocycles. The Kier molecular flexibility index (Phi) is 2.64. The van der Waals surface area contributed by atoms with Crippen LogP contribution in [0.3, 0.4) is 0 Å². The van der Waals surface area contributed by atoms with Gasteiger partial charge >= 0.3 is 0 Å². The van der Waals surface area contributed by atoms with Gasteiger partial charge < -0.3 is 5.73 Å². The lowest BCUT2D eigenvalue weighted by atomic mass is 10.6. The van der Waals surface area contributed by atoms with Crippen LogP contribution < -0.4 is 5.73 Å². The van der Waals surface area contributed by atoms with Gasteiger partial charge in [-0.3, -0.25) is 4.68 Å². The zero-order chi connectivity index (χ0) is 9.97. The van der Waals surface area contributed by atoms with Crippen molar-refractivity contribution in [2.45, 2.75) is 10.1 Å². The zero-order valence-corrected chi connectivity index (χ0v) is 9.05. The molecule has 0 atom stereocenters. The predicted molar refractivity (Wildman–Crippen MR) is 54.9 cm³/mol. The number of nitrogens with two attached hydrogens (primary N) is 1. The Hall–Kier alpha value is -1.15. The summed E-state index contributed by atoms with van der Waals surface area (Å²) in [5.41, 5.74) is 6.37. The molecule has 2 aromatic rings. The summed E-state index contributed by atoms with van der Waals surface area (Å²) in [6.07, 6.45) is 1.87. The van der Waals surface area contributed by atoms with Crippen LogP contribution in [0.2, 0.25) is 0 Å². The van der Waals surface area contributed by atoms with E-state index in [1.807, 2.05) is 13.2 Å². The van der Waals surface area contributed by atoms with E-state index in [2.05, 4.69) is 20.5 Å². The van der Waals surface area contributed by atoms with Gasteiger partial charge in [-0.2, -0.15) is 0 Å². The molecule has 74 valence electrons. The summed E-state index contributed by atoms with van der Waals surface area (Å²) in [6, 6.07) is 0. The average Bonchev–Trinajstić information content (AvgIpc) is 2.72. The van der Waals surface area contributed by atoms with E-state index in [0.717, 1.165) is 15.8 Å². The summed E-state index contributed by atoms with van der Waals surface area (Å²) in [7, 11) is 1.84. The molecule has 0 aromatic carbocycles. The summed E-state index contributed by atoms with van der Waals surface area (Å²) >= 11 is 2.93. The van der Waals surface area contributed by atoms with Crippen molar-refractivity contribution in [3.05, 3.63) is 11.9 Å². The first-order chi connectivity index (χ1) is 6.74. The van der Waals surface area contributed by atoms with Crippen molar-refractivity contribution in [1.29, 1.82) is 0 Å². The lowest BCUT2D eigenvalue weighted by molar-refractivity contribution is 0.714. The van der Waals surface area contributed by atoms with Crippen LogP contribution in [0.25, 0.3) is 0 Å².